The zero-order chi connectivity index (χ0) is 32.0. The van der Waals surface area contributed by atoms with Crippen LogP contribution in [0, 0.1) is 0 Å². The number of amides is 2. The topological polar surface area (TPSA) is 111 Å². The summed E-state index contributed by atoms with van der Waals surface area (Å²) in [4.78, 5) is 41.9. The summed E-state index contributed by atoms with van der Waals surface area (Å²) < 4.78 is 6.12. The predicted octanol–water partition coefficient (Wildman–Crippen LogP) is 4.39. The number of nitrogens with one attached hydrogen (secondary N) is 1. The molecule has 4 heterocycles. The zero-order valence-corrected chi connectivity index (χ0v) is 27.0. The van der Waals surface area contributed by atoms with Crippen LogP contribution in [0.15, 0.2) is 60.7 Å². The van der Waals surface area contributed by atoms with E-state index >= 15 is 0 Å². The van der Waals surface area contributed by atoms with Gasteiger partial charge in [0.2, 0.25) is 0 Å². The van der Waals surface area contributed by atoms with Crippen LogP contribution in [-0.2, 0) is 13.0 Å². The van der Waals surface area contributed by atoms with Crippen molar-refractivity contribution in [1.82, 2.24) is 24.7 Å². The van der Waals surface area contributed by atoms with Gasteiger partial charge < -0.3 is 25.0 Å². The lowest BCUT2D eigenvalue weighted by Crippen LogP contribution is -2.56. The standard InChI is InChI=1S/C36H46N6O4/c1-3-29(4-2)46-36-38-30(22-33(39-36)37-28-15-19-40(20-16-28)34(44)26-11-6-5-7-12-26)35(45)42-21-17-31(32(43)24-42)41-18-14-25-10-8-9-13-27(25)23-41/h5-13,22,28-29,31-32,43H,3-4,14-21,23-24H2,1-2H3,(H,37,38,39)/t31-,32-/m1/s1. The van der Waals surface area contributed by atoms with Crippen LogP contribution in [0.1, 0.15) is 77.9 Å². The Morgan fingerprint density at radius 2 is 1.59 bits per heavy atom. The van der Waals surface area contributed by atoms with E-state index in [9.17, 15) is 14.7 Å². The monoisotopic (exact) mass is 626 g/mol. The van der Waals surface area contributed by atoms with Crippen LogP contribution in [0.4, 0.5) is 5.82 Å². The van der Waals surface area contributed by atoms with E-state index in [1.165, 1.54) is 11.1 Å². The third-order valence-electron chi connectivity index (χ3n) is 9.73. The highest BCUT2D eigenvalue weighted by atomic mass is 16.5. The molecule has 0 aliphatic carbocycles. The molecule has 46 heavy (non-hydrogen) atoms. The normalized spacial score (nSPS) is 20.8. The Hall–Kier alpha value is -4.02. The largest absolute Gasteiger partial charge is 0.460 e. The highest BCUT2D eigenvalue weighted by Gasteiger charge is 2.36. The predicted molar refractivity (Wildman–Crippen MR) is 177 cm³/mol. The van der Waals surface area contributed by atoms with Crippen molar-refractivity contribution >= 4 is 17.6 Å². The van der Waals surface area contributed by atoms with Crippen molar-refractivity contribution in [3.8, 4) is 6.01 Å². The van der Waals surface area contributed by atoms with E-state index in [1.807, 2.05) is 35.2 Å². The molecule has 2 fully saturated rings. The molecule has 10 heteroatoms. The second kappa shape index (κ2) is 14.6. The van der Waals surface area contributed by atoms with Crippen molar-refractivity contribution < 1.29 is 19.4 Å². The molecule has 2 atom stereocenters. The minimum atomic E-state index is -0.647. The number of aliphatic hydroxyl groups is 1. The maximum absolute atomic E-state index is 13.8. The van der Waals surface area contributed by atoms with Crippen LogP contribution < -0.4 is 10.1 Å². The van der Waals surface area contributed by atoms with Gasteiger partial charge in [-0.15, -0.1) is 0 Å². The highest BCUT2D eigenvalue weighted by molar-refractivity contribution is 5.94. The number of aromatic nitrogens is 2. The van der Waals surface area contributed by atoms with E-state index in [2.05, 4.69) is 58.3 Å². The Labute approximate surface area is 271 Å². The van der Waals surface area contributed by atoms with Crippen molar-refractivity contribution in [3.63, 3.8) is 0 Å². The summed E-state index contributed by atoms with van der Waals surface area (Å²) in [7, 11) is 0. The number of carbonyl (C=O) groups excluding carboxylic acids is 2. The SMILES string of the molecule is CCC(CC)Oc1nc(NC2CCN(C(=O)c3ccccc3)CC2)cc(C(=O)N2CC[C@@H](N3CCc4ccccc4C3)[C@H](O)C2)n1. The molecular formula is C36H46N6O4. The summed E-state index contributed by atoms with van der Waals surface area (Å²) in [6.07, 6.45) is 4.09. The smallest absolute Gasteiger partial charge is 0.319 e. The maximum Gasteiger partial charge on any atom is 0.319 e. The molecule has 2 aromatic carbocycles. The number of fused-ring (bicyclic) bond motifs is 1. The third kappa shape index (κ3) is 7.34. The Kier molecular flexibility index (Phi) is 10.1. The third-order valence-corrected chi connectivity index (χ3v) is 9.73. The van der Waals surface area contributed by atoms with Gasteiger partial charge in [0, 0.05) is 63.0 Å². The van der Waals surface area contributed by atoms with E-state index in [0.717, 1.165) is 45.2 Å². The van der Waals surface area contributed by atoms with Gasteiger partial charge in [-0.05, 0) is 61.8 Å². The van der Waals surface area contributed by atoms with Gasteiger partial charge in [-0.25, -0.2) is 0 Å². The van der Waals surface area contributed by atoms with Gasteiger partial charge in [-0.1, -0.05) is 56.3 Å². The van der Waals surface area contributed by atoms with E-state index in [-0.39, 0.29) is 48.3 Å². The minimum absolute atomic E-state index is 0.00781. The molecule has 2 amide bonds. The number of likely N-dealkylation sites (tertiary alicyclic amines) is 2. The fourth-order valence-corrected chi connectivity index (χ4v) is 6.96. The van der Waals surface area contributed by atoms with E-state index in [4.69, 9.17) is 4.74 Å². The fraction of sp³-hybridized carbons (Fsp3) is 0.500. The molecule has 3 aliphatic heterocycles. The number of rotatable bonds is 9. The molecule has 10 nitrogen and oxygen atoms in total. The number of carbonyl (C=O) groups is 2. The number of hydrogen-bond acceptors (Lipinski definition) is 8. The second-order valence-electron chi connectivity index (χ2n) is 12.7. The zero-order valence-electron chi connectivity index (χ0n) is 27.0. The number of piperidine rings is 2. The first kappa shape index (κ1) is 31.9. The van der Waals surface area contributed by atoms with Gasteiger partial charge in [-0.3, -0.25) is 14.5 Å². The number of hydrogen-bond donors (Lipinski definition) is 2. The van der Waals surface area contributed by atoms with Crippen molar-refractivity contribution in [3.05, 3.63) is 83.0 Å². The quantitative estimate of drug-likeness (QED) is 0.360. The number of benzene rings is 2. The van der Waals surface area contributed by atoms with Crippen LogP contribution in [0.3, 0.4) is 0 Å². The molecule has 3 aromatic rings. The van der Waals surface area contributed by atoms with E-state index in [1.54, 1.807) is 11.0 Å². The van der Waals surface area contributed by atoms with Crippen molar-refractivity contribution in [2.75, 3.05) is 38.0 Å². The first-order valence-electron chi connectivity index (χ1n) is 16.9. The molecule has 2 N–H and O–H groups in total. The summed E-state index contributed by atoms with van der Waals surface area (Å²) in [5.74, 6) is 0.352. The van der Waals surface area contributed by atoms with Gasteiger partial charge in [-0.2, -0.15) is 9.97 Å². The Morgan fingerprint density at radius 3 is 2.30 bits per heavy atom. The van der Waals surface area contributed by atoms with Crippen LogP contribution in [0.2, 0.25) is 0 Å². The van der Waals surface area contributed by atoms with Crippen molar-refractivity contribution in [2.24, 2.45) is 0 Å². The number of nitrogens with zero attached hydrogens (tertiary/aromatic N) is 5. The maximum atomic E-state index is 13.8. The number of β-amino-alcohol motifs (C(OH)–C–C–N with tert-alkyl or cyclic N) is 1. The lowest BCUT2D eigenvalue weighted by Gasteiger charge is -2.43. The highest BCUT2D eigenvalue weighted by Crippen LogP contribution is 2.27. The molecule has 6 rings (SSSR count). The summed E-state index contributed by atoms with van der Waals surface area (Å²) >= 11 is 0. The molecule has 0 unspecified atom stereocenters. The van der Waals surface area contributed by atoms with Crippen molar-refractivity contribution in [2.45, 2.75) is 83.2 Å². The summed E-state index contributed by atoms with van der Waals surface area (Å²) in [5, 5.41) is 14.7. The van der Waals surface area contributed by atoms with Crippen LogP contribution >= 0.6 is 0 Å². The van der Waals surface area contributed by atoms with Crippen LogP contribution in [0.5, 0.6) is 6.01 Å². The Morgan fingerprint density at radius 1 is 0.891 bits per heavy atom. The number of ether oxygens (including phenoxy) is 1. The number of aliphatic hydroxyl groups excluding tert-OH is 1. The second-order valence-corrected chi connectivity index (χ2v) is 12.7. The van der Waals surface area contributed by atoms with Gasteiger partial charge >= 0.3 is 6.01 Å². The molecular weight excluding hydrogens is 580 g/mol. The molecule has 2 saturated heterocycles. The van der Waals surface area contributed by atoms with Crippen LogP contribution in [0.25, 0.3) is 0 Å². The lowest BCUT2D eigenvalue weighted by molar-refractivity contribution is -0.0139. The summed E-state index contributed by atoms with van der Waals surface area (Å²) in [6, 6.07) is 19.9. The summed E-state index contributed by atoms with van der Waals surface area (Å²) in [5.41, 5.74) is 3.66. The van der Waals surface area contributed by atoms with E-state index in [0.29, 0.717) is 37.4 Å². The van der Waals surface area contributed by atoms with Crippen molar-refractivity contribution in [1.29, 1.82) is 0 Å². The molecule has 0 saturated carbocycles. The Balaban J connectivity index is 1.12. The van der Waals surface area contributed by atoms with Gasteiger partial charge in [0.1, 0.15) is 17.6 Å². The Bertz CT molecular complexity index is 1490. The molecule has 0 spiro atoms. The van der Waals surface area contributed by atoms with Gasteiger partial charge in [0.05, 0.1) is 6.10 Å². The molecule has 244 valence electrons. The van der Waals surface area contributed by atoms with E-state index < -0.39 is 6.10 Å². The fourth-order valence-electron chi connectivity index (χ4n) is 6.96. The average Bonchev–Trinajstić information content (AvgIpc) is 3.10. The average molecular weight is 627 g/mol. The first-order valence-corrected chi connectivity index (χ1v) is 16.9. The molecule has 3 aliphatic rings. The molecule has 0 bridgehead atoms. The summed E-state index contributed by atoms with van der Waals surface area (Å²) in [6.45, 7) is 7.90. The first-order chi connectivity index (χ1) is 22.4. The van der Waals surface area contributed by atoms with Gasteiger partial charge in [0.15, 0.2) is 0 Å². The molecule has 1 aromatic heterocycles. The van der Waals surface area contributed by atoms with Gasteiger partial charge in [0.25, 0.3) is 11.8 Å². The minimum Gasteiger partial charge on any atom is -0.460 e. The number of anilines is 1. The lowest BCUT2D eigenvalue weighted by atomic mass is 9.94. The molecule has 0 radical (unpaired) electrons. The van der Waals surface area contributed by atoms with Crippen LogP contribution in [-0.4, -0.2) is 98.6 Å².